The first-order valence-electron chi connectivity index (χ1n) is 2.40. The molecule has 0 bridgehead atoms. The van der Waals surface area contributed by atoms with Crippen molar-refractivity contribution < 1.29 is 4.79 Å². The van der Waals surface area contributed by atoms with Crippen molar-refractivity contribution in [2.24, 2.45) is 5.73 Å². The van der Waals surface area contributed by atoms with Gasteiger partial charge in [0.25, 0.3) is 0 Å². The normalized spacial score (nSPS) is 9.44. The predicted molar refractivity (Wildman–Crippen MR) is 34.9 cm³/mol. The van der Waals surface area contributed by atoms with Crippen LogP contribution < -0.4 is 11.1 Å². The van der Waals surface area contributed by atoms with E-state index in [9.17, 15) is 4.79 Å². The second-order valence-corrected chi connectivity index (χ2v) is 1.49. The molecule has 4 heteroatoms. The highest BCUT2D eigenvalue weighted by atomic mass is 16.1. The standard InChI is InChI=1S/C5H9N3O/c1-4(9)8-3-2-5(6)7/h2-3H,1H3,(H3,6,7)(H,8,9)/b3-2-. The number of hydrogen-bond donors (Lipinski definition) is 3. The molecule has 0 aromatic heterocycles. The highest BCUT2D eigenvalue weighted by Crippen LogP contribution is 1.65. The van der Waals surface area contributed by atoms with Gasteiger partial charge in [0.15, 0.2) is 0 Å². The lowest BCUT2D eigenvalue weighted by Crippen LogP contribution is -2.13. The summed E-state index contributed by atoms with van der Waals surface area (Å²) in [5, 5.41) is 9.01. The Morgan fingerprint density at radius 2 is 2.33 bits per heavy atom. The molecule has 0 rings (SSSR count). The Labute approximate surface area is 53.2 Å². The molecule has 0 atom stereocenters. The molecule has 1 amide bonds. The van der Waals surface area contributed by atoms with Crippen molar-refractivity contribution in [2.45, 2.75) is 6.92 Å². The number of nitrogens with one attached hydrogen (secondary N) is 2. The summed E-state index contributed by atoms with van der Waals surface area (Å²) >= 11 is 0. The summed E-state index contributed by atoms with van der Waals surface area (Å²) in [5.74, 6) is -0.253. The first-order valence-corrected chi connectivity index (χ1v) is 2.40. The highest BCUT2D eigenvalue weighted by Gasteiger charge is 1.81. The third-order valence-electron chi connectivity index (χ3n) is 0.549. The summed E-state index contributed by atoms with van der Waals surface area (Å²) in [5.41, 5.74) is 4.92. The quantitative estimate of drug-likeness (QED) is 0.347. The average molecular weight is 127 g/mol. The molecule has 0 radical (unpaired) electrons. The van der Waals surface area contributed by atoms with Crippen LogP contribution in [0.3, 0.4) is 0 Å². The third kappa shape index (κ3) is 6.68. The lowest BCUT2D eigenvalue weighted by atomic mass is 10.5. The number of amides is 1. The van der Waals surface area contributed by atoms with Crippen molar-refractivity contribution >= 4 is 11.7 Å². The predicted octanol–water partition coefficient (Wildman–Crippen LogP) is -0.428. The molecular formula is C5H9N3O. The molecule has 4 N–H and O–H groups in total. The van der Waals surface area contributed by atoms with E-state index in [-0.39, 0.29) is 11.7 Å². The Bertz CT molecular complexity index is 150. The fourth-order valence-corrected chi connectivity index (χ4v) is 0.249. The smallest absolute Gasteiger partial charge is 0.220 e. The van der Waals surface area contributed by atoms with E-state index in [0.717, 1.165) is 0 Å². The van der Waals surface area contributed by atoms with E-state index in [1.165, 1.54) is 19.2 Å². The number of hydrogen-bond acceptors (Lipinski definition) is 2. The zero-order chi connectivity index (χ0) is 7.28. The molecule has 0 aliphatic heterocycles. The molecule has 9 heavy (non-hydrogen) atoms. The van der Waals surface area contributed by atoms with Crippen LogP contribution in [-0.4, -0.2) is 11.7 Å². The number of nitrogens with two attached hydrogens (primary N) is 1. The van der Waals surface area contributed by atoms with Crippen LogP contribution in [0.5, 0.6) is 0 Å². The van der Waals surface area contributed by atoms with Crippen molar-refractivity contribution in [3.8, 4) is 0 Å². The van der Waals surface area contributed by atoms with Gasteiger partial charge in [0.05, 0.1) is 0 Å². The molecule has 4 nitrogen and oxygen atoms in total. The Morgan fingerprint density at radius 1 is 1.78 bits per heavy atom. The Balaban J connectivity index is 3.48. The minimum atomic E-state index is -0.174. The molecule has 0 saturated carbocycles. The number of carbonyl (C=O) groups is 1. The average Bonchev–Trinajstić information content (AvgIpc) is 1.63. The second-order valence-electron chi connectivity index (χ2n) is 1.49. The van der Waals surface area contributed by atoms with Gasteiger partial charge >= 0.3 is 0 Å². The van der Waals surface area contributed by atoms with Crippen molar-refractivity contribution in [1.29, 1.82) is 5.41 Å². The van der Waals surface area contributed by atoms with Crippen LogP contribution in [0.4, 0.5) is 0 Å². The summed E-state index contributed by atoms with van der Waals surface area (Å²) in [4.78, 5) is 10.2. The maximum Gasteiger partial charge on any atom is 0.220 e. The molecule has 0 aliphatic rings. The number of rotatable bonds is 2. The first kappa shape index (κ1) is 7.68. The van der Waals surface area contributed by atoms with Gasteiger partial charge in [0.1, 0.15) is 5.84 Å². The van der Waals surface area contributed by atoms with Crippen LogP contribution in [0.1, 0.15) is 6.92 Å². The number of carbonyl (C=O) groups excluding carboxylic acids is 1. The fourth-order valence-electron chi connectivity index (χ4n) is 0.249. The van der Waals surface area contributed by atoms with Crippen LogP contribution in [0.2, 0.25) is 0 Å². The van der Waals surface area contributed by atoms with Crippen LogP contribution in [0, 0.1) is 5.41 Å². The van der Waals surface area contributed by atoms with Gasteiger partial charge in [-0.3, -0.25) is 10.2 Å². The van der Waals surface area contributed by atoms with Crippen LogP contribution in [0.15, 0.2) is 12.3 Å². The summed E-state index contributed by atoms with van der Waals surface area (Å²) in [6, 6.07) is 0. The Morgan fingerprint density at radius 3 is 2.67 bits per heavy atom. The first-order chi connectivity index (χ1) is 4.13. The van der Waals surface area contributed by atoms with Crippen molar-refractivity contribution in [3.05, 3.63) is 12.3 Å². The van der Waals surface area contributed by atoms with E-state index in [1.807, 2.05) is 0 Å². The molecule has 0 fully saturated rings. The van der Waals surface area contributed by atoms with Crippen molar-refractivity contribution in [3.63, 3.8) is 0 Å². The monoisotopic (exact) mass is 127 g/mol. The summed E-state index contributed by atoms with van der Waals surface area (Å²) in [6.45, 7) is 1.38. The highest BCUT2D eigenvalue weighted by molar-refractivity contribution is 5.89. The molecular weight excluding hydrogens is 118 g/mol. The topological polar surface area (TPSA) is 79.0 Å². The van der Waals surface area contributed by atoms with E-state index >= 15 is 0 Å². The molecule has 0 heterocycles. The fraction of sp³-hybridized carbons (Fsp3) is 0.200. The third-order valence-corrected chi connectivity index (χ3v) is 0.549. The van der Waals surface area contributed by atoms with Gasteiger partial charge in [0, 0.05) is 13.1 Å². The zero-order valence-corrected chi connectivity index (χ0v) is 5.14. The molecule has 0 unspecified atom stereocenters. The summed E-state index contributed by atoms with van der Waals surface area (Å²) in [7, 11) is 0. The number of amidine groups is 1. The van der Waals surface area contributed by atoms with Crippen LogP contribution in [0.25, 0.3) is 0 Å². The molecule has 0 aromatic rings. The largest absolute Gasteiger partial charge is 0.384 e. The summed E-state index contributed by atoms with van der Waals surface area (Å²) in [6.07, 6.45) is 2.62. The van der Waals surface area contributed by atoms with Crippen LogP contribution in [-0.2, 0) is 4.79 Å². The molecule has 0 saturated heterocycles. The van der Waals surface area contributed by atoms with Crippen LogP contribution >= 0.6 is 0 Å². The lowest BCUT2D eigenvalue weighted by molar-refractivity contribution is -0.118. The van der Waals surface area contributed by atoms with E-state index in [1.54, 1.807) is 0 Å². The van der Waals surface area contributed by atoms with Gasteiger partial charge in [-0.05, 0) is 6.08 Å². The van der Waals surface area contributed by atoms with E-state index < -0.39 is 0 Å². The van der Waals surface area contributed by atoms with Gasteiger partial charge in [0.2, 0.25) is 5.91 Å². The van der Waals surface area contributed by atoms with Crippen molar-refractivity contribution in [2.75, 3.05) is 0 Å². The van der Waals surface area contributed by atoms with E-state index in [2.05, 4.69) is 5.32 Å². The zero-order valence-electron chi connectivity index (χ0n) is 5.14. The second kappa shape index (κ2) is 3.65. The molecule has 50 valence electrons. The molecule has 0 aliphatic carbocycles. The molecule has 0 spiro atoms. The van der Waals surface area contributed by atoms with E-state index in [0.29, 0.717) is 0 Å². The minimum Gasteiger partial charge on any atom is -0.384 e. The van der Waals surface area contributed by atoms with E-state index in [4.69, 9.17) is 11.1 Å². The Kier molecular flexibility index (Phi) is 3.12. The maximum absolute atomic E-state index is 10.2. The SMILES string of the molecule is CC(=O)N/C=C\C(=N)N. The minimum absolute atomic E-state index is 0.0799. The van der Waals surface area contributed by atoms with Gasteiger partial charge in [-0.2, -0.15) is 0 Å². The van der Waals surface area contributed by atoms with Gasteiger partial charge in [-0.1, -0.05) is 0 Å². The van der Waals surface area contributed by atoms with Gasteiger partial charge < -0.3 is 11.1 Å². The van der Waals surface area contributed by atoms with Gasteiger partial charge in [-0.15, -0.1) is 0 Å². The maximum atomic E-state index is 10.2. The van der Waals surface area contributed by atoms with Gasteiger partial charge in [-0.25, -0.2) is 0 Å². The summed E-state index contributed by atoms with van der Waals surface area (Å²) < 4.78 is 0. The molecule has 0 aromatic carbocycles. The Hall–Kier alpha value is -1.32. The lowest BCUT2D eigenvalue weighted by Gasteiger charge is -1.88. The van der Waals surface area contributed by atoms with Crippen molar-refractivity contribution in [1.82, 2.24) is 5.32 Å².